The van der Waals surface area contributed by atoms with Crippen LogP contribution in [0.15, 0.2) is 199 Å². The third-order valence-electron chi connectivity index (χ3n) is 11.3. The number of fused-ring (bicyclic) bond motifs is 10. The van der Waals surface area contributed by atoms with Gasteiger partial charge in [0, 0.05) is 54.0 Å². The first-order chi connectivity index (χ1) is 27.8. The molecule has 9 aromatic carbocycles. The summed E-state index contributed by atoms with van der Waals surface area (Å²) in [6, 6.07) is 70.4. The fourth-order valence-corrected chi connectivity index (χ4v) is 10.0. The van der Waals surface area contributed by atoms with E-state index in [1.54, 1.807) is 0 Å². The zero-order valence-electron chi connectivity index (χ0n) is 30.2. The van der Waals surface area contributed by atoms with Gasteiger partial charge in [0.05, 0.1) is 27.1 Å². The summed E-state index contributed by atoms with van der Waals surface area (Å²) < 4.78 is 11.4. The minimum Gasteiger partial charge on any atom is -0.456 e. The molecule has 0 saturated carbocycles. The lowest BCUT2D eigenvalue weighted by atomic mass is 9.99. The maximum atomic E-state index is 6.44. The third kappa shape index (κ3) is 4.70. The molecule has 56 heavy (non-hydrogen) atoms. The maximum absolute atomic E-state index is 6.44. The Balaban J connectivity index is 1.11. The molecular formula is C52H32N2OS. The smallest absolute Gasteiger partial charge is 0.136 e. The molecule has 0 radical (unpaired) electrons. The van der Waals surface area contributed by atoms with Gasteiger partial charge in [-0.05, 0) is 89.1 Å². The summed E-state index contributed by atoms with van der Waals surface area (Å²) in [5, 5.41) is 9.68. The van der Waals surface area contributed by atoms with Crippen molar-refractivity contribution in [3.63, 3.8) is 0 Å². The number of aromatic nitrogens is 1. The first-order valence-corrected chi connectivity index (χ1v) is 19.8. The summed E-state index contributed by atoms with van der Waals surface area (Å²) in [6.45, 7) is 0. The number of hydrogen-bond donors (Lipinski definition) is 0. The summed E-state index contributed by atoms with van der Waals surface area (Å²) in [6.07, 6.45) is 0. The number of benzene rings is 9. The number of nitrogens with zero attached hydrogens (tertiary/aromatic N) is 2. The zero-order chi connectivity index (χ0) is 36.7. The predicted molar refractivity (Wildman–Crippen MR) is 239 cm³/mol. The highest BCUT2D eigenvalue weighted by Crippen LogP contribution is 2.48. The van der Waals surface area contributed by atoms with Gasteiger partial charge in [0.15, 0.2) is 0 Å². The van der Waals surface area contributed by atoms with Crippen molar-refractivity contribution >= 4 is 103 Å². The summed E-state index contributed by atoms with van der Waals surface area (Å²) in [7, 11) is 0. The van der Waals surface area contributed by atoms with E-state index in [4.69, 9.17) is 4.42 Å². The van der Waals surface area contributed by atoms with E-state index in [0.717, 1.165) is 55.8 Å². The van der Waals surface area contributed by atoms with Crippen molar-refractivity contribution < 1.29 is 4.42 Å². The monoisotopic (exact) mass is 732 g/mol. The number of para-hydroxylation sites is 3. The van der Waals surface area contributed by atoms with Gasteiger partial charge in [0.25, 0.3) is 0 Å². The fourth-order valence-electron chi connectivity index (χ4n) is 8.83. The van der Waals surface area contributed by atoms with Gasteiger partial charge in [-0.25, -0.2) is 0 Å². The van der Waals surface area contributed by atoms with Crippen molar-refractivity contribution in [2.45, 2.75) is 0 Å². The Labute approximate surface area is 326 Å². The van der Waals surface area contributed by atoms with Crippen molar-refractivity contribution in [2.24, 2.45) is 0 Å². The van der Waals surface area contributed by atoms with Crippen molar-refractivity contribution in [1.82, 2.24) is 4.57 Å². The van der Waals surface area contributed by atoms with Crippen LogP contribution in [0.3, 0.4) is 0 Å². The minimum absolute atomic E-state index is 0.891. The number of furan rings is 1. The number of rotatable bonds is 5. The van der Waals surface area contributed by atoms with Gasteiger partial charge >= 0.3 is 0 Å². The summed E-state index contributed by atoms with van der Waals surface area (Å²) in [5.41, 5.74) is 10.9. The molecule has 12 aromatic rings. The van der Waals surface area contributed by atoms with Crippen LogP contribution in [0.1, 0.15) is 0 Å². The molecule has 3 heterocycles. The standard InChI is InChI=1S/C52H32N2OS/c1-2-14-34-31-50-44(29-33(34)13-1)43-30-35(27-28-49(43)55-50)38-17-3-7-22-45(38)54(48-25-12-21-42-41-20-6-10-26-51(41)56-52(42)48)37-16-11-15-36(32-37)53-46-23-8-4-18-39(46)40-19-5-9-24-47(40)53/h1-32H. The Morgan fingerprint density at radius 2 is 1.07 bits per heavy atom. The van der Waals surface area contributed by atoms with Gasteiger partial charge in [0.2, 0.25) is 0 Å². The molecule has 12 rings (SSSR count). The second-order valence-electron chi connectivity index (χ2n) is 14.5. The van der Waals surface area contributed by atoms with Gasteiger partial charge in [0.1, 0.15) is 11.2 Å². The van der Waals surface area contributed by atoms with Crippen LogP contribution in [-0.4, -0.2) is 4.57 Å². The zero-order valence-corrected chi connectivity index (χ0v) is 31.0. The Morgan fingerprint density at radius 3 is 1.91 bits per heavy atom. The SMILES string of the molecule is c1cc(N(c2ccccc2-c2ccc3oc4cc5ccccc5cc4c3c2)c2cccc3c2sc2ccccc23)cc(-n2c3ccccc3c3ccccc32)c1. The van der Waals surface area contributed by atoms with Crippen molar-refractivity contribution in [3.8, 4) is 16.8 Å². The molecule has 0 atom stereocenters. The number of anilines is 3. The van der Waals surface area contributed by atoms with E-state index in [-0.39, 0.29) is 0 Å². The molecule has 0 amide bonds. The number of hydrogen-bond acceptors (Lipinski definition) is 3. The Kier molecular flexibility index (Phi) is 6.80. The maximum Gasteiger partial charge on any atom is 0.136 e. The molecule has 0 bridgehead atoms. The normalized spacial score (nSPS) is 11.9. The third-order valence-corrected chi connectivity index (χ3v) is 12.6. The fraction of sp³-hybridized carbons (Fsp3) is 0. The molecule has 262 valence electrons. The van der Waals surface area contributed by atoms with E-state index in [2.05, 4.69) is 204 Å². The van der Waals surface area contributed by atoms with E-state index >= 15 is 0 Å². The molecule has 0 N–H and O–H groups in total. The topological polar surface area (TPSA) is 21.3 Å². The summed E-state index contributed by atoms with van der Waals surface area (Å²) >= 11 is 1.86. The second kappa shape index (κ2) is 12.2. The summed E-state index contributed by atoms with van der Waals surface area (Å²) in [5.74, 6) is 0. The van der Waals surface area contributed by atoms with Crippen LogP contribution in [0.25, 0.3) is 91.5 Å². The highest BCUT2D eigenvalue weighted by molar-refractivity contribution is 7.26. The van der Waals surface area contributed by atoms with Gasteiger partial charge in [-0.1, -0.05) is 121 Å². The first kappa shape index (κ1) is 31.2. The van der Waals surface area contributed by atoms with Crippen molar-refractivity contribution in [1.29, 1.82) is 0 Å². The molecule has 0 unspecified atom stereocenters. The Morgan fingerprint density at radius 1 is 0.429 bits per heavy atom. The van der Waals surface area contributed by atoms with Gasteiger partial charge in [-0.2, -0.15) is 0 Å². The Hall–Kier alpha value is -7.14. The van der Waals surface area contributed by atoms with E-state index in [0.29, 0.717) is 0 Å². The highest BCUT2D eigenvalue weighted by Gasteiger charge is 2.22. The first-order valence-electron chi connectivity index (χ1n) is 19.0. The van der Waals surface area contributed by atoms with Crippen LogP contribution in [0.5, 0.6) is 0 Å². The van der Waals surface area contributed by atoms with Gasteiger partial charge in [-0.15, -0.1) is 11.3 Å². The van der Waals surface area contributed by atoms with E-state index in [9.17, 15) is 0 Å². The Bertz CT molecular complexity index is 3460. The van der Waals surface area contributed by atoms with Crippen molar-refractivity contribution in [2.75, 3.05) is 4.90 Å². The van der Waals surface area contributed by atoms with Crippen LogP contribution < -0.4 is 4.90 Å². The molecule has 0 aliphatic heterocycles. The van der Waals surface area contributed by atoms with Gasteiger partial charge in [-0.3, -0.25) is 0 Å². The van der Waals surface area contributed by atoms with Gasteiger partial charge < -0.3 is 13.9 Å². The second-order valence-corrected chi connectivity index (χ2v) is 15.6. The van der Waals surface area contributed by atoms with Crippen LogP contribution in [0.2, 0.25) is 0 Å². The average molecular weight is 733 g/mol. The van der Waals surface area contributed by atoms with Crippen LogP contribution in [0, 0.1) is 0 Å². The highest BCUT2D eigenvalue weighted by atomic mass is 32.1. The molecule has 0 saturated heterocycles. The lowest BCUT2D eigenvalue weighted by molar-refractivity contribution is 0.669. The van der Waals surface area contributed by atoms with Crippen molar-refractivity contribution in [3.05, 3.63) is 194 Å². The lowest BCUT2D eigenvalue weighted by Crippen LogP contribution is -2.12. The largest absolute Gasteiger partial charge is 0.456 e. The molecule has 4 heteroatoms. The molecule has 3 nitrogen and oxygen atoms in total. The quantitative estimate of drug-likeness (QED) is 0.176. The molecule has 0 aliphatic rings. The van der Waals surface area contributed by atoms with Crippen LogP contribution in [-0.2, 0) is 0 Å². The molecule has 0 aliphatic carbocycles. The minimum atomic E-state index is 0.891. The lowest BCUT2D eigenvalue weighted by Gasteiger charge is -2.29. The number of thiophene rings is 1. The molecule has 0 spiro atoms. The average Bonchev–Trinajstić information content (AvgIpc) is 3.93. The summed E-state index contributed by atoms with van der Waals surface area (Å²) in [4.78, 5) is 2.47. The molecule has 3 aromatic heterocycles. The van der Waals surface area contributed by atoms with Crippen LogP contribution >= 0.6 is 11.3 Å². The van der Waals surface area contributed by atoms with E-state index in [1.807, 2.05) is 11.3 Å². The molecular weight excluding hydrogens is 701 g/mol. The molecule has 0 fully saturated rings. The van der Waals surface area contributed by atoms with E-state index < -0.39 is 0 Å². The van der Waals surface area contributed by atoms with E-state index in [1.165, 1.54) is 52.8 Å². The van der Waals surface area contributed by atoms with Crippen LogP contribution in [0.4, 0.5) is 17.1 Å². The predicted octanol–water partition coefficient (Wildman–Crippen LogP) is 15.3.